The van der Waals surface area contributed by atoms with Gasteiger partial charge >= 0.3 is 0 Å². The number of fused-ring (bicyclic) bond motifs is 1. The summed E-state index contributed by atoms with van der Waals surface area (Å²) in [5.41, 5.74) is 0.533. The molecule has 0 aliphatic carbocycles. The normalized spacial score (nSPS) is 14.9. The summed E-state index contributed by atoms with van der Waals surface area (Å²) < 4.78 is 5.42. The van der Waals surface area contributed by atoms with Gasteiger partial charge in [-0.2, -0.15) is 5.26 Å². The van der Waals surface area contributed by atoms with Crippen LogP contribution in [-0.4, -0.2) is 30.5 Å². The molecule has 1 aromatic carbocycles. The Labute approximate surface area is 87.7 Å². The van der Waals surface area contributed by atoms with Crippen molar-refractivity contribution in [2.45, 2.75) is 0 Å². The molecule has 4 nitrogen and oxygen atoms in total. The standard InChI is InChI=1S/C11H10N2O2/c12-5-6-13-7-8-15-10-4-2-1-3-9(10)11(13)14/h1-4H,6-8H2. The number of carbonyl (C=O) groups excluding carboxylic acids is 1. The summed E-state index contributed by atoms with van der Waals surface area (Å²) in [5, 5.41) is 8.59. The summed E-state index contributed by atoms with van der Waals surface area (Å²) in [6, 6.07) is 9.07. The van der Waals surface area contributed by atoms with Crippen LogP contribution in [0.5, 0.6) is 5.75 Å². The second kappa shape index (κ2) is 4.01. The minimum Gasteiger partial charge on any atom is -0.491 e. The van der Waals surface area contributed by atoms with Crippen molar-refractivity contribution >= 4 is 5.91 Å². The molecular formula is C11H10N2O2. The number of carbonyl (C=O) groups is 1. The van der Waals surface area contributed by atoms with Gasteiger partial charge in [0.1, 0.15) is 18.9 Å². The molecular weight excluding hydrogens is 192 g/mol. The van der Waals surface area contributed by atoms with Crippen LogP contribution in [0.4, 0.5) is 0 Å². The maximum absolute atomic E-state index is 11.9. The number of hydrogen-bond donors (Lipinski definition) is 0. The van der Waals surface area contributed by atoms with Gasteiger partial charge in [0.15, 0.2) is 0 Å². The first kappa shape index (κ1) is 9.53. The first-order valence-electron chi connectivity index (χ1n) is 4.71. The average Bonchev–Trinajstić information content (AvgIpc) is 2.41. The zero-order valence-corrected chi connectivity index (χ0v) is 8.14. The molecule has 0 spiro atoms. The smallest absolute Gasteiger partial charge is 0.258 e. The molecule has 1 amide bonds. The topological polar surface area (TPSA) is 53.3 Å². The Morgan fingerprint density at radius 3 is 3.07 bits per heavy atom. The average molecular weight is 202 g/mol. The number of hydrogen-bond acceptors (Lipinski definition) is 3. The fraction of sp³-hybridized carbons (Fsp3) is 0.273. The van der Waals surface area contributed by atoms with E-state index in [0.29, 0.717) is 24.5 Å². The van der Waals surface area contributed by atoms with Crippen molar-refractivity contribution in [3.63, 3.8) is 0 Å². The molecule has 0 aromatic heterocycles. The third kappa shape index (κ3) is 1.77. The van der Waals surface area contributed by atoms with E-state index in [1.54, 1.807) is 18.2 Å². The number of para-hydroxylation sites is 1. The van der Waals surface area contributed by atoms with Gasteiger partial charge in [0.05, 0.1) is 18.2 Å². The molecule has 0 unspecified atom stereocenters. The third-order valence-corrected chi connectivity index (χ3v) is 2.29. The van der Waals surface area contributed by atoms with Crippen LogP contribution in [0.2, 0.25) is 0 Å². The lowest BCUT2D eigenvalue weighted by atomic mass is 10.2. The molecule has 15 heavy (non-hydrogen) atoms. The van der Waals surface area contributed by atoms with E-state index in [0.717, 1.165) is 0 Å². The molecule has 1 aliphatic rings. The molecule has 0 N–H and O–H groups in total. The summed E-state index contributed by atoms with van der Waals surface area (Å²) >= 11 is 0. The first-order chi connectivity index (χ1) is 7.33. The van der Waals surface area contributed by atoms with Gasteiger partial charge in [0.2, 0.25) is 0 Å². The molecule has 0 fully saturated rings. The predicted octanol–water partition coefficient (Wildman–Crippen LogP) is 1.04. The second-order valence-electron chi connectivity index (χ2n) is 3.23. The number of amides is 1. The van der Waals surface area contributed by atoms with Crippen LogP contribution in [0.3, 0.4) is 0 Å². The van der Waals surface area contributed by atoms with Gasteiger partial charge in [0, 0.05) is 0 Å². The fourth-order valence-electron chi connectivity index (χ4n) is 1.54. The van der Waals surface area contributed by atoms with E-state index in [-0.39, 0.29) is 12.5 Å². The lowest BCUT2D eigenvalue weighted by molar-refractivity contribution is 0.0777. The molecule has 2 rings (SSSR count). The molecule has 76 valence electrons. The summed E-state index contributed by atoms with van der Waals surface area (Å²) in [5.74, 6) is 0.465. The highest BCUT2D eigenvalue weighted by atomic mass is 16.5. The number of rotatable bonds is 1. The van der Waals surface area contributed by atoms with E-state index in [1.165, 1.54) is 4.90 Å². The summed E-state index contributed by atoms with van der Waals surface area (Å²) in [6.45, 7) is 1.00. The van der Waals surface area contributed by atoms with E-state index in [2.05, 4.69) is 0 Å². The highest BCUT2D eigenvalue weighted by Crippen LogP contribution is 2.21. The lowest BCUT2D eigenvalue weighted by Gasteiger charge is -2.15. The maximum atomic E-state index is 11.9. The Kier molecular flexibility index (Phi) is 2.55. The van der Waals surface area contributed by atoms with Crippen LogP contribution in [0, 0.1) is 11.3 Å². The van der Waals surface area contributed by atoms with Crippen LogP contribution in [-0.2, 0) is 0 Å². The maximum Gasteiger partial charge on any atom is 0.258 e. The monoisotopic (exact) mass is 202 g/mol. The molecule has 1 aromatic rings. The molecule has 4 heteroatoms. The minimum absolute atomic E-state index is 0.108. The summed E-state index contributed by atoms with van der Waals surface area (Å²) in [6.07, 6.45) is 0. The summed E-state index contributed by atoms with van der Waals surface area (Å²) in [4.78, 5) is 13.4. The van der Waals surface area contributed by atoms with Gasteiger partial charge in [-0.3, -0.25) is 4.79 Å². The number of benzene rings is 1. The van der Waals surface area contributed by atoms with E-state index < -0.39 is 0 Å². The van der Waals surface area contributed by atoms with Gasteiger partial charge in [-0.25, -0.2) is 0 Å². The van der Waals surface area contributed by atoms with Gasteiger partial charge in [-0.05, 0) is 12.1 Å². The van der Waals surface area contributed by atoms with Crippen molar-refractivity contribution in [3.05, 3.63) is 29.8 Å². The van der Waals surface area contributed by atoms with Gasteiger partial charge in [-0.15, -0.1) is 0 Å². The van der Waals surface area contributed by atoms with Crippen LogP contribution in [0.15, 0.2) is 24.3 Å². The molecule has 0 saturated heterocycles. The SMILES string of the molecule is N#CCN1CCOc2ccccc2C1=O. The molecule has 0 atom stereocenters. The molecule has 0 radical (unpaired) electrons. The lowest BCUT2D eigenvalue weighted by Crippen LogP contribution is -2.32. The zero-order valence-electron chi connectivity index (χ0n) is 8.14. The Morgan fingerprint density at radius 1 is 1.47 bits per heavy atom. The largest absolute Gasteiger partial charge is 0.491 e. The van der Waals surface area contributed by atoms with E-state index in [1.807, 2.05) is 12.1 Å². The number of nitriles is 1. The van der Waals surface area contributed by atoms with Crippen molar-refractivity contribution in [2.75, 3.05) is 19.7 Å². The van der Waals surface area contributed by atoms with Crippen molar-refractivity contribution in [3.8, 4) is 11.8 Å². The quantitative estimate of drug-likeness (QED) is 0.639. The first-order valence-corrected chi connectivity index (χ1v) is 4.71. The van der Waals surface area contributed by atoms with Crippen molar-refractivity contribution < 1.29 is 9.53 Å². The summed E-state index contributed by atoms with van der Waals surface area (Å²) in [7, 11) is 0. The Bertz CT molecular complexity index is 423. The van der Waals surface area contributed by atoms with Crippen LogP contribution < -0.4 is 4.74 Å². The molecule has 0 bridgehead atoms. The number of ether oxygens (including phenoxy) is 1. The van der Waals surface area contributed by atoms with Gasteiger partial charge < -0.3 is 9.64 Å². The van der Waals surface area contributed by atoms with Crippen molar-refractivity contribution in [1.29, 1.82) is 5.26 Å². The van der Waals surface area contributed by atoms with Gasteiger partial charge in [-0.1, -0.05) is 12.1 Å². The Morgan fingerprint density at radius 2 is 2.27 bits per heavy atom. The second-order valence-corrected chi connectivity index (χ2v) is 3.23. The van der Waals surface area contributed by atoms with Gasteiger partial charge in [0.25, 0.3) is 5.91 Å². The Hall–Kier alpha value is -2.02. The minimum atomic E-state index is -0.135. The number of nitrogens with zero attached hydrogens (tertiary/aromatic N) is 2. The Balaban J connectivity index is 2.35. The van der Waals surface area contributed by atoms with E-state index >= 15 is 0 Å². The molecule has 1 heterocycles. The van der Waals surface area contributed by atoms with Crippen LogP contribution >= 0.6 is 0 Å². The molecule has 0 saturated carbocycles. The predicted molar refractivity (Wildman–Crippen MR) is 53.5 cm³/mol. The molecule has 1 aliphatic heterocycles. The highest BCUT2D eigenvalue weighted by Gasteiger charge is 2.22. The van der Waals surface area contributed by atoms with Crippen LogP contribution in [0.25, 0.3) is 0 Å². The zero-order chi connectivity index (χ0) is 10.7. The van der Waals surface area contributed by atoms with Crippen molar-refractivity contribution in [2.24, 2.45) is 0 Å². The van der Waals surface area contributed by atoms with E-state index in [9.17, 15) is 4.79 Å². The van der Waals surface area contributed by atoms with Crippen molar-refractivity contribution in [1.82, 2.24) is 4.90 Å². The highest BCUT2D eigenvalue weighted by molar-refractivity contribution is 5.97. The third-order valence-electron chi connectivity index (χ3n) is 2.29. The van der Waals surface area contributed by atoms with Crippen LogP contribution in [0.1, 0.15) is 10.4 Å². The fourth-order valence-corrected chi connectivity index (χ4v) is 1.54. The van der Waals surface area contributed by atoms with E-state index in [4.69, 9.17) is 10.00 Å².